The minimum absolute atomic E-state index is 0.208. The van der Waals surface area contributed by atoms with E-state index in [4.69, 9.17) is 9.90 Å². The summed E-state index contributed by atoms with van der Waals surface area (Å²) in [5, 5.41) is 17.0. The molecule has 0 radical (unpaired) electrons. The fraction of sp³-hybridized carbons (Fsp3) is 0. The average molecular weight is 1040 g/mol. The molecule has 17 aromatic rings. The number of hydrogen-bond acceptors (Lipinski definition) is 1. The Morgan fingerprint density at radius 3 is 1.22 bits per heavy atom. The highest BCUT2D eigenvalue weighted by Gasteiger charge is 2.22. The summed E-state index contributed by atoms with van der Waals surface area (Å²) in [6.45, 7) is 0. The van der Waals surface area contributed by atoms with Crippen LogP contribution < -0.4 is 0 Å². The van der Waals surface area contributed by atoms with E-state index in [9.17, 15) is 5.48 Å². The van der Waals surface area contributed by atoms with Crippen molar-refractivity contribution in [3.05, 3.63) is 303 Å². The predicted octanol–water partition coefficient (Wildman–Crippen LogP) is 22.8. The average Bonchev–Trinajstić information content (AvgIpc) is 1.02. The Hall–Kier alpha value is -10.6. The first kappa shape index (κ1) is 38.9. The number of hydrogen-bond donors (Lipinski definition) is 0. The van der Waals surface area contributed by atoms with Crippen LogP contribution in [0.15, 0.2) is 308 Å². The Balaban J connectivity index is 0.000000145. The van der Waals surface area contributed by atoms with Gasteiger partial charge in [0.05, 0.1) is 11.0 Å². The molecule has 0 amide bonds. The van der Waals surface area contributed by atoms with Crippen molar-refractivity contribution in [3.63, 3.8) is 0 Å². The first-order valence-corrected chi connectivity index (χ1v) is 27.3. The molecule has 1 heteroatoms. The van der Waals surface area contributed by atoms with Gasteiger partial charge < -0.3 is 4.42 Å². The van der Waals surface area contributed by atoms with E-state index in [1.165, 1.54) is 70.7 Å². The van der Waals surface area contributed by atoms with Crippen LogP contribution in [0.1, 0.15) is 11.0 Å². The lowest BCUT2D eigenvalue weighted by molar-refractivity contribution is 0.669. The maximum atomic E-state index is 9.21. The first-order valence-electron chi connectivity index (χ1n) is 31.3. The molecule has 17 rings (SSSR count). The molecule has 0 atom stereocenters. The zero-order chi connectivity index (χ0) is 60.3. The van der Waals surface area contributed by atoms with Crippen molar-refractivity contribution in [3.8, 4) is 55.6 Å². The second-order valence-electron chi connectivity index (χ2n) is 20.8. The van der Waals surface area contributed by atoms with Crippen molar-refractivity contribution in [1.29, 1.82) is 0 Å². The summed E-state index contributed by atoms with van der Waals surface area (Å²) in [6, 6.07) is 85.1. The maximum absolute atomic E-state index is 9.21. The van der Waals surface area contributed by atoms with Gasteiger partial charge in [0.2, 0.25) is 0 Å². The van der Waals surface area contributed by atoms with Crippen molar-refractivity contribution in [2.45, 2.75) is 0 Å². The summed E-state index contributed by atoms with van der Waals surface area (Å²) < 4.78 is 78.0. The van der Waals surface area contributed by atoms with Gasteiger partial charge in [0.1, 0.15) is 11.2 Å². The topological polar surface area (TPSA) is 13.1 Å². The summed E-state index contributed by atoms with van der Waals surface area (Å²) in [7, 11) is 0. The standard InChI is InChI=1S/C40H24O.C40H26/c1-2-11-26-22-29(21-20-25(26)10-1)38-30-14-5-7-16-32(30)39(33-17-8-6-15-31(33)38)34-18-9-19-36-40(34)35-23-27-12-3-4-13-28(27)24-37(35)41-36;1-2-12-31-26-32(25-22-27(31)10-1)28-20-23-30(24-21-28)39-35-15-5-7-17-37(35)40(38-18-8-6-16-36(38)39)34-19-9-13-29-11-3-4-14-33(29)34/h1-24H;1-26H/i;5D,6D,7D,8D,15D,16D,17D,18D. The molecule has 0 aliphatic carbocycles. The van der Waals surface area contributed by atoms with Gasteiger partial charge in [-0.2, -0.15) is 0 Å². The van der Waals surface area contributed by atoms with E-state index in [2.05, 4.69) is 170 Å². The van der Waals surface area contributed by atoms with E-state index in [1.807, 2.05) is 84.9 Å². The van der Waals surface area contributed by atoms with Gasteiger partial charge in [-0.15, -0.1) is 0 Å². The van der Waals surface area contributed by atoms with Crippen LogP contribution in [-0.4, -0.2) is 0 Å². The molecule has 1 aromatic heterocycles. The molecular formula is C80H50O. The maximum Gasteiger partial charge on any atom is 0.136 e. The molecule has 0 N–H and O–H groups in total. The van der Waals surface area contributed by atoms with E-state index in [0.717, 1.165) is 49.2 Å². The fourth-order valence-electron chi connectivity index (χ4n) is 12.6. The van der Waals surface area contributed by atoms with Crippen LogP contribution in [0.4, 0.5) is 0 Å². The van der Waals surface area contributed by atoms with Gasteiger partial charge in [0.15, 0.2) is 0 Å². The van der Waals surface area contributed by atoms with Crippen LogP contribution in [0.5, 0.6) is 0 Å². The van der Waals surface area contributed by atoms with E-state index in [1.54, 1.807) is 0 Å². The van der Waals surface area contributed by atoms with Crippen molar-refractivity contribution in [1.82, 2.24) is 0 Å². The Morgan fingerprint density at radius 1 is 0.222 bits per heavy atom. The molecule has 0 aliphatic heterocycles. The molecular weight excluding hydrogens is 977 g/mol. The Kier molecular flexibility index (Phi) is 9.16. The van der Waals surface area contributed by atoms with Gasteiger partial charge in [-0.1, -0.05) is 273 Å². The van der Waals surface area contributed by atoms with Gasteiger partial charge in [-0.05, 0) is 172 Å². The SMILES string of the molecule is [2H]c1c([2H])c([2H])c2c(-c3cccc4ccccc34)c3c([2H])c([2H])c([2H])c([2H])c3c(-c3ccc(-c4ccc5ccccc5c4)cc3)c2c1[2H].c1ccc2cc(-c3c4ccccc4c(-c4cccc5oc6cc7ccccc7cc6c45)c4ccccc34)ccc2c1. The molecule has 0 spiro atoms. The van der Waals surface area contributed by atoms with E-state index < -0.39 is 24.2 Å². The molecule has 0 saturated carbocycles. The van der Waals surface area contributed by atoms with Gasteiger partial charge in [0.25, 0.3) is 0 Å². The highest BCUT2D eigenvalue weighted by molar-refractivity contribution is 6.27. The summed E-state index contributed by atoms with van der Waals surface area (Å²) >= 11 is 0. The van der Waals surface area contributed by atoms with E-state index >= 15 is 0 Å². The normalized spacial score (nSPS) is 13.1. The Labute approximate surface area is 480 Å². The first-order chi connectivity index (χ1) is 43.5. The van der Waals surface area contributed by atoms with Gasteiger partial charge in [-0.25, -0.2) is 0 Å². The lowest BCUT2D eigenvalue weighted by atomic mass is 9.84. The molecule has 0 fully saturated rings. The van der Waals surface area contributed by atoms with E-state index in [-0.39, 0.29) is 45.7 Å². The van der Waals surface area contributed by atoms with Crippen LogP contribution >= 0.6 is 0 Å². The van der Waals surface area contributed by atoms with Crippen molar-refractivity contribution >= 4 is 108 Å². The van der Waals surface area contributed by atoms with Crippen LogP contribution in [0.25, 0.3) is 164 Å². The smallest absolute Gasteiger partial charge is 0.136 e. The van der Waals surface area contributed by atoms with Crippen LogP contribution in [0.2, 0.25) is 0 Å². The van der Waals surface area contributed by atoms with Crippen molar-refractivity contribution in [2.24, 2.45) is 0 Å². The molecule has 0 aliphatic rings. The number of benzene rings is 16. The molecule has 16 aromatic carbocycles. The summed E-state index contributed by atoms with van der Waals surface area (Å²) in [6.07, 6.45) is 0. The zero-order valence-electron chi connectivity index (χ0n) is 51.7. The largest absolute Gasteiger partial charge is 0.456 e. The van der Waals surface area contributed by atoms with Gasteiger partial charge in [-0.3, -0.25) is 0 Å². The highest BCUT2D eigenvalue weighted by atomic mass is 16.3. The van der Waals surface area contributed by atoms with Crippen LogP contribution in [-0.2, 0) is 0 Å². The molecule has 0 unspecified atom stereocenters. The lowest BCUT2D eigenvalue weighted by Crippen LogP contribution is -1.91. The summed E-state index contributed by atoms with van der Waals surface area (Å²) in [5.74, 6) is 0. The highest BCUT2D eigenvalue weighted by Crippen LogP contribution is 2.49. The Bertz CT molecular complexity index is 5710. The third kappa shape index (κ3) is 7.77. The molecule has 1 nitrogen and oxygen atoms in total. The summed E-state index contributed by atoms with van der Waals surface area (Å²) in [4.78, 5) is 0. The minimum atomic E-state index is -0.411. The minimum Gasteiger partial charge on any atom is -0.456 e. The van der Waals surface area contributed by atoms with Crippen molar-refractivity contribution < 1.29 is 15.4 Å². The molecule has 0 saturated heterocycles. The monoisotopic (exact) mass is 1030 g/mol. The predicted molar refractivity (Wildman–Crippen MR) is 347 cm³/mol. The second kappa shape index (κ2) is 19.1. The van der Waals surface area contributed by atoms with Crippen LogP contribution in [0, 0.1) is 0 Å². The lowest BCUT2D eigenvalue weighted by Gasteiger charge is -2.19. The number of rotatable bonds is 5. The van der Waals surface area contributed by atoms with Gasteiger partial charge >= 0.3 is 0 Å². The molecule has 81 heavy (non-hydrogen) atoms. The summed E-state index contributed by atoms with van der Waals surface area (Å²) in [5.41, 5.74) is 10.6. The van der Waals surface area contributed by atoms with Crippen molar-refractivity contribution in [2.75, 3.05) is 0 Å². The zero-order valence-corrected chi connectivity index (χ0v) is 43.7. The molecule has 376 valence electrons. The van der Waals surface area contributed by atoms with Gasteiger partial charge in [0, 0.05) is 10.8 Å². The quantitative estimate of drug-likeness (QED) is 0.157. The number of furan rings is 1. The number of fused-ring (bicyclic) bond motifs is 11. The Morgan fingerprint density at radius 2 is 0.617 bits per heavy atom. The second-order valence-corrected chi connectivity index (χ2v) is 20.8. The van der Waals surface area contributed by atoms with Crippen LogP contribution in [0.3, 0.4) is 0 Å². The molecule has 1 heterocycles. The van der Waals surface area contributed by atoms with E-state index in [0.29, 0.717) is 22.3 Å². The molecule has 0 bridgehead atoms. The third-order valence-electron chi connectivity index (χ3n) is 16.3. The fourth-order valence-corrected chi connectivity index (χ4v) is 12.6. The third-order valence-corrected chi connectivity index (χ3v) is 16.3.